The summed E-state index contributed by atoms with van der Waals surface area (Å²) in [6, 6.07) is 5.35. The van der Waals surface area contributed by atoms with Crippen LogP contribution in [0, 0.1) is 13.8 Å². The van der Waals surface area contributed by atoms with Crippen molar-refractivity contribution >= 4 is 17.3 Å². The molecule has 0 fully saturated rings. The number of anilines is 1. The van der Waals surface area contributed by atoms with Gasteiger partial charge in [-0.1, -0.05) is 17.7 Å². The molecule has 0 saturated carbocycles. The molecule has 1 aromatic carbocycles. The van der Waals surface area contributed by atoms with Crippen LogP contribution in [0.1, 0.15) is 22.9 Å². The first kappa shape index (κ1) is 12.9. The predicted octanol–water partition coefficient (Wildman–Crippen LogP) is 3.05. The van der Waals surface area contributed by atoms with E-state index < -0.39 is 0 Å². The van der Waals surface area contributed by atoms with Crippen LogP contribution >= 0.6 is 11.6 Å². The zero-order valence-electron chi connectivity index (χ0n) is 10.3. The second kappa shape index (κ2) is 5.42. The third-order valence-electron chi connectivity index (χ3n) is 2.72. The van der Waals surface area contributed by atoms with E-state index in [1.54, 1.807) is 12.1 Å². The highest BCUT2D eigenvalue weighted by Crippen LogP contribution is 2.23. The van der Waals surface area contributed by atoms with Crippen molar-refractivity contribution in [1.29, 1.82) is 0 Å². The molecule has 0 saturated heterocycles. The van der Waals surface area contributed by atoms with E-state index in [1.807, 2.05) is 19.9 Å². The van der Waals surface area contributed by atoms with Crippen LogP contribution in [0.25, 0.3) is 0 Å². The molecule has 0 amide bonds. The standard InChI is InChI=1S/C13H15ClN2O2/c1-8-9(2)18-13(16-8)6-15-12-5-10(7-17)3-4-11(12)14/h3-5,15,17H,6-7H2,1-2H3. The van der Waals surface area contributed by atoms with Crippen LogP contribution in [0.5, 0.6) is 0 Å². The number of nitrogens with one attached hydrogen (secondary N) is 1. The number of aromatic nitrogens is 1. The number of halogens is 1. The Kier molecular flexibility index (Phi) is 3.89. The van der Waals surface area contributed by atoms with E-state index in [9.17, 15) is 0 Å². The SMILES string of the molecule is Cc1nc(CNc2cc(CO)ccc2Cl)oc1C. The van der Waals surface area contributed by atoms with Gasteiger partial charge in [0, 0.05) is 0 Å². The second-order valence-corrected chi connectivity index (χ2v) is 4.48. The Morgan fingerprint density at radius 3 is 2.78 bits per heavy atom. The summed E-state index contributed by atoms with van der Waals surface area (Å²) in [4.78, 5) is 4.28. The summed E-state index contributed by atoms with van der Waals surface area (Å²) in [5, 5.41) is 12.8. The van der Waals surface area contributed by atoms with Crippen molar-refractivity contribution in [2.24, 2.45) is 0 Å². The van der Waals surface area contributed by atoms with Crippen LogP contribution in [0.15, 0.2) is 22.6 Å². The van der Waals surface area contributed by atoms with E-state index in [4.69, 9.17) is 21.1 Å². The fourth-order valence-electron chi connectivity index (χ4n) is 1.59. The van der Waals surface area contributed by atoms with E-state index in [2.05, 4.69) is 10.3 Å². The highest BCUT2D eigenvalue weighted by atomic mass is 35.5. The number of aryl methyl sites for hydroxylation is 2. The first-order valence-electron chi connectivity index (χ1n) is 5.66. The summed E-state index contributed by atoms with van der Waals surface area (Å²) in [7, 11) is 0. The molecule has 5 heteroatoms. The molecule has 0 aliphatic rings. The van der Waals surface area contributed by atoms with Gasteiger partial charge in [-0.25, -0.2) is 4.98 Å². The summed E-state index contributed by atoms with van der Waals surface area (Å²) in [6.07, 6.45) is 0. The lowest BCUT2D eigenvalue weighted by Gasteiger charge is -2.07. The van der Waals surface area contributed by atoms with Crippen LogP contribution in [0.3, 0.4) is 0 Å². The van der Waals surface area contributed by atoms with Gasteiger partial charge in [-0.3, -0.25) is 0 Å². The monoisotopic (exact) mass is 266 g/mol. The largest absolute Gasteiger partial charge is 0.444 e. The highest BCUT2D eigenvalue weighted by molar-refractivity contribution is 6.33. The molecule has 0 unspecified atom stereocenters. The van der Waals surface area contributed by atoms with Gasteiger partial charge in [0.05, 0.1) is 29.6 Å². The molecule has 0 radical (unpaired) electrons. The van der Waals surface area contributed by atoms with Crippen molar-refractivity contribution in [3.8, 4) is 0 Å². The molecule has 2 N–H and O–H groups in total. The van der Waals surface area contributed by atoms with E-state index in [1.165, 1.54) is 0 Å². The Labute approximate surface area is 111 Å². The Bertz CT molecular complexity index is 532. The van der Waals surface area contributed by atoms with Gasteiger partial charge < -0.3 is 14.8 Å². The van der Waals surface area contributed by atoms with Crippen molar-refractivity contribution in [2.45, 2.75) is 27.0 Å². The molecule has 1 aromatic heterocycles. The topological polar surface area (TPSA) is 58.3 Å². The molecule has 0 atom stereocenters. The number of rotatable bonds is 4. The van der Waals surface area contributed by atoms with Crippen LogP contribution < -0.4 is 5.32 Å². The fourth-order valence-corrected chi connectivity index (χ4v) is 1.78. The first-order chi connectivity index (χ1) is 8.60. The summed E-state index contributed by atoms with van der Waals surface area (Å²) < 4.78 is 5.47. The summed E-state index contributed by atoms with van der Waals surface area (Å²) in [5.41, 5.74) is 2.46. The molecule has 1 heterocycles. The van der Waals surface area contributed by atoms with E-state index in [0.29, 0.717) is 17.5 Å². The van der Waals surface area contributed by atoms with Gasteiger partial charge in [-0.15, -0.1) is 0 Å². The fraction of sp³-hybridized carbons (Fsp3) is 0.308. The lowest BCUT2D eigenvalue weighted by molar-refractivity contribution is 0.282. The molecule has 0 bridgehead atoms. The van der Waals surface area contributed by atoms with Gasteiger partial charge in [-0.05, 0) is 31.5 Å². The van der Waals surface area contributed by atoms with Crippen LogP contribution in [-0.4, -0.2) is 10.1 Å². The molecular weight excluding hydrogens is 252 g/mol. The van der Waals surface area contributed by atoms with Crippen molar-refractivity contribution in [3.63, 3.8) is 0 Å². The molecule has 96 valence electrons. The maximum Gasteiger partial charge on any atom is 0.213 e. The van der Waals surface area contributed by atoms with Crippen LogP contribution in [0.4, 0.5) is 5.69 Å². The number of aliphatic hydroxyl groups excluding tert-OH is 1. The first-order valence-corrected chi connectivity index (χ1v) is 6.04. The number of nitrogens with zero attached hydrogens (tertiary/aromatic N) is 1. The van der Waals surface area contributed by atoms with Gasteiger partial charge in [-0.2, -0.15) is 0 Å². The Morgan fingerprint density at radius 2 is 2.17 bits per heavy atom. The van der Waals surface area contributed by atoms with Crippen LogP contribution in [0.2, 0.25) is 5.02 Å². The van der Waals surface area contributed by atoms with Gasteiger partial charge >= 0.3 is 0 Å². The quantitative estimate of drug-likeness (QED) is 0.893. The number of aliphatic hydroxyl groups is 1. The van der Waals surface area contributed by atoms with Crippen molar-refractivity contribution in [3.05, 3.63) is 46.1 Å². The lowest BCUT2D eigenvalue weighted by atomic mass is 10.2. The number of oxazole rings is 1. The lowest BCUT2D eigenvalue weighted by Crippen LogP contribution is -2.01. The van der Waals surface area contributed by atoms with Crippen molar-refractivity contribution in [1.82, 2.24) is 4.98 Å². The molecular formula is C13H15ClN2O2. The zero-order chi connectivity index (χ0) is 13.1. The maximum absolute atomic E-state index is 9.08. The highest BCUT2D eigenvalue weighted by Gasteiger charge is 2.07. The van der Waals surface area contributed by atoms with Crippen molar-refractivity contribution in [2.75, 3.05) is 5.32 Å². The second-order valence-electron chi connectivity index (χ2n) is 4.08. The molecule has 2 aromatic rings. The minimum Gasteiger partial charge on any atom is -0.444 e. The van der Waals surface area contributed by atoms with Gasteiger partial charge in [0.2, 0.25) is 5.89 Å². The minimum atomic E-state index is -0.0108. The molecule has 0 spiro atoms. The summed E-state index contributed by atoms with van der Waals surface area (Å²) >= 11 is 6.06. The van der Waals surface area contributed by atoms with E-state index in [0.717, 1.165) is 22.7 Å². The number of hydrogen-bond donors (Lipinski definition) is 2. The van der Waals surface area contributed by atoms with E-state index >= 15 is 0 Å². The van der Waals surface area contributed by atoms with E-state index in [-0.39, 0.29) is 6.61 Å². The Hall–Kier alpha value is -1.52. The third kappa shape index (κ3) is 2.83. The number of benzene rings is 1. The predicted molar refractivity (Wildman–Crippen MR) is 70.7 cm³/mol. The smallest absolute Gasteiger partial charge is 0.213 e. The Morgan fingerprint density at radius 1 is 1.39 bits per heavy atom. The molecule has 0 aliphatic carbocycles. The maximum atomic E-state index is 9.08. The van der Waals surface area contributed by atoms with Gasteiger partial charge in [0.1, 0.15) is 5.76 Å². The Balaban J connectivity index is 2.10. The third-order valence-corrected chi connectivity index (χ3v) is 3.05. The molecule has 18 heavy (non-hydrogen) atoms. The van der Waals surface area contributed by atoms with Gasteiger partial charge in [0.25, 0.3) is 0 Å². The van der Waals surface area contributed by atoms with Crippen LogP contribution in [-0.2, 0) is 13.2 Å². The molecule has 0 aliphatic heterocycles. The minimum absolute atomic E-state index is 0.0108. The summed E-state index contributed by atoms with van der Waals surface area (Å²) in [6.45, 7) is 4.24. The normalized spacial score (nSPS) is 10.7. The summed E-state index contributed by atoms with van der Waals surface area (Å²) in [5.74, 6) is 1.44. The number of hydrogen-bond acceptors (Lipinski definition) is 4. The van der Waals surface area contributed by atoms with Crippen molar-refractivity contribution < 1.29 is 9.52 Å². The van der Waals surface area contributed by atoms with Gasteiger partial charge in [0.15, 0.2) is 0 Å². The molecule has 4 nitrogen and oxygen atoms in total. The molecule has 2 rings (SSSR count). The average Bonchev–Trinajstić information content (AvgIpc) is 2.68. The average molecular weight is 267 g/mol. The zero-order valence-corrected chi connectivity index (χ0v) is 11.1.